The van der Waals surface area contributed by atoms with Crippen molar-refractivity contribution in [2.24, 2.45) is 10.2 Å². The van der Waals surface area contributed by atoms with Gasteiger partial charge in [-0.25, -0.2) is 0 Å². The van der Waals surface area contributed by atoms with Gasteiger partial charge in [0.25, 0.3) is 0 Å². The highest BCUT2D eigenvalue weighted by molar-refractivity contribution is 9.10. The van der Waals surface area contributed by atoms with Gasteiger partial charge in [0.2, 0.25) is 11.8 Å². The highest BCUT2D eigenvalue weighted by atomic mass is 79.9. The summed E-state index contributed by atoms with van der Waals surface area (Å²) in [6.45, 7) is 0. The lowest BCUT2D eigenvalue weighted by molar-refractivity contribution is -0.122. The number of hydrogen-bond donors (Lipinski definition) is 2. The average molecular weight is 409 g/mol. The molecule has 1 heterocycles. The number of amidine groups is 1. The normalized spacial score (nSPS) is 21.9. The van der Waals surface area contributed by atoms with Crippen LogP contribution in [0.3, 0.4) is 0 Å². The van der Waals surface area contributed by atoms with Crippen LogP contribution in [0.1, 0.15) is 32.1 Å². The minimum absolute atomic E-state index is 0.0994. The Kier molecular flexibility index (Phi) is 5.68. The number of anilines is 1. The quantitative estimate of drug-likeness (QED) is 0.749. The molecule has 1 aliphatic carbocycles. The van der Waals surface area contributed by atoms with Crippen LogP contribution >= 0.6 is 27.7 Å². The second-order valence-electron chi connectivity index (χ2n) is 5.63. The highest BCUT2D eigenvalue weighted by Crippen LogP contribution is 2.24. The summed E-state index contributed by atoms with van der Waals surface area (Å²) in [7, 11) is 0. The number of rotatable bonds is 4. The number of hydrogen-bond acceptors (Lipinski definition) is 5. The van der Waals surface area contributed by atoms with Crippen molar-refractivity contribution in [1.82, 2.24) is 5.32 Å². The van der Waals surface area contributed by atoms with Crippen molar-refractivity contribution in [3.8, 4) is 0 Å². The van der Waals surface area contributed by atoms with Crippen molar-refractivity contribution in [2.75, 3.05) is 5.32 Å². The molecule has 126 valence electrons. The maximum absolute atomic E-state index is 12.1. The van der Waals surface area contributed by atoms with Gasteiger partial charge in [-0.1, -0.05) is 27.7 Å². The molecule has 2 fully saturated rings. The molecule has 1 saturated carbocycles. The van der Waals surface area contributed by atoms with E-state index in [1.165, 1.54) is 11.8 Å². The Hall–Kier alpha value is -1.67. The number of carbonyl (C=O) groups excluding carboxylic acids is 2. The Morgan fingerprint density at radius 3 is 2.67 bits per heavy atom. The van der Waals surface area contributed by atoms with E-state index in [4.69, 9.17) is 0 Å². The first-order valence-corrected chi connectivity index (χ1v) is 9.44. The van der Waals surface area contributed by atoms with E-state index in [2.05, 4.69) is 36.8 Å². The van der Waals surface area contributed by atoms with E-state index in [-0.39, 0.29) is 18.2 Å². The summed E-state index contributed by atoms with van der Waals surface area (Å²) in [4.78, 5) is 24.1. The van der Waals surface area contributed by atoms with Gasteiger partial charge < -0.3 is 10.6 Å². The third kappa shape index (κ3) is 4.67. The Bertz CT molecular complexity index is 695. The van der Waals surface area contributed by atoms with Gasteiger partial charge in [0.05, 0.1) is 0 Å². The van der Waals surface area contributed by atoms with Gasteiger partial charge in [-0.3, -0.25) is 9.59 Å². The lowest BCUT2D eigenvalue weighted by Gasteiger charge is -2.07. The molecule has 0 spiro atoms. The monoisotopic (exact) mass is 408 g/mol. The van der Waals surface area contributed by atoms with Gasteiger partial charge in [-0.2, -0.15) is 5.10 Å². The van der Waals surface area contributed by atoms with Crippen LogP contribution in [0.4, 0.5) is 5.69 Å². The Labute approximate surface area is 152 Å². The predicted octanol–water partition coefficient (Wildman–Crippen LogP) is 3.30. The summed E-state index contributed by atoms with van der Waals surface area (Å²) < 4.78 is 0.941. The number of benzene rings is 1. The molecule has 1 aromatic rings. The maximum Gasteiger partial charge on any atom is 0.240 e. The molecule has 0 radical (unpaired) electrons. The third-order valence-electron chi connectivity index (χ3n) is 3.74. The molecule has 1 unspecified atom stereocenters. The first kappa shape index (κ1) is 17.2. The minimum atomic E-state index is -0.469. The Morgan fingerprint density at radius 2 is 1.96 bits per heavy atom. The second-order valence-corrected chi connectivity index (χ2v) is 7.74. The van der Waals surface area contributed by atoms with Crippen molar-refractivity contribution in [3.63, 3.8) is 0 Å². The SMILES string of the molecule is O=C(CC1S/C(=N/N=C2CCCC2)NC1=O)Nc1ccc(Br)cc1. The predicted molar refractivity (Wildman–Crippen MR) is 100 cm³/mol. The Morgan fingerprint density at radius 1 is 1.25 bits per heavy atom. The fraction of sp³-hybridized carbons (Fsp3) is 0.375. The van der Waals surface area contributed by atoms with Crippen LogP contribution in [0.15, 0.2) is 38.9 Å². The second kappa shape index (κ2) is 7.94. The van der Waals surface area contributed by atoms with Gasteiger partial charge in [0.15, 0.2) is 5.17 Å². The first-order chi connectivity index (χ1) is 11.6. The van der Waals surface area contributed by atoms with Crippen molar-refractivity contribution in [2.45, 2.75) is 37.4 Å². The van der Waals surface area contributed by atoms with E-state index in [0.717, 1.165) is 35.9 Å². The molecule has 1 aromatic carbocycles. The lowest BCUT2D eigenvalue weighted by Crippen LogP contribution is -2.28. The van der Waals surface area contributed by atoms with E-state index >= 15 is 0 Å². The lowest BCUT2D eigenvalue weighted by atomic mass is 10.2. The summed E-state index contributed by atoms with van der Waals surface area (Å²) in [6.07, 6.45) is 4.37. The third-order valence-corrected chi connectivity index (χ3v) is 5.34. The van der Waals surface area contributed by atoms with Crippen molar-refractivity contribution >= 4 is 56.1 Å². The highest BCUT2D eigenvalue weighted by Gasteiger charge is 2.32. The average Bonchev–Trinajstić information content (AvgIpc) is 3.18. The molecule has 1 atom stereocenters. The molecule has 8 heteroatoms. The minimum Gasteiger partial charge on any atom is -0.326 e. The molecule has 24 heavy (non-hydrogen) atoms. The summed E-state index contributed by atoms with van der Waals surface area (Å²) >= 11 is 4.60. The molecule has 0 bridgehead atoms. The Balaban J connectivity index is 1.54. The molecule has 2 amide bonds. The van der Waals surface area contributed by atoms with Crippen molar-refractivity contribution in [3.05, 3.63) is 28.7 Å². The summed E-state index contributed by atoms with van der Waals surface area (Å²) in [5.41, 5.74) is 1.78. The standard InChI is InChI=1S/C16H17BrN4O2S/c17-10-5-7-11(8-6-10)18-14(22)9-13-15(23)19-16(24-13)21-20-12-3-1-2-4-12/h5-8,13H,1-4,9H2,(H,18,22)(H,19,21,23). The molecule has 3 rings (SSSR count). The van der Waals surface area contributed by atoms with Crippen LogP contribution in [0.5, 0.6) is 0 Å². The van der Waals surface area contributed by atoms with Crippen LogP contribution < -0.4 is 10.6 Å². The molecule has 1 aliphatic heterocycles. The van der Waals surface area contributed by atoms with Crippen LogP contribution in [-0.2, 0) is 9.59 Å². The first-order valence-electron chi connectivity index (χ1n) is 7.76. The van der Waals surface area contributed by atoms with E-state index in [0.29, 0.717) is 10.9 Å². The van der Waals surface area contributed by atoms with Gasteiger partial charge in [-0.15, -0.1) is 5.10 Å². The largest absolute Gasteiger partial charge is 0.326 e. The summed E-state index contributed by atoms with van der Waals surface area (Å²) in [5, 5.41) is 13.8. The maximum atomic E-state index is 12.1. The van der Waals surface area contributed by atoms with Crippen LogP contribution in [0.25, 0.3) is 0 Å². The number of carbonyl (C=O) groups is 2. The smallest absolute Gasteiger partial charge is 0.240 e. The van der Waals surface area contributed by atoms with Crippen LogP contribution in [-0.4, -0.2) is 27.9 Å². The van der Waals surface area contributed by atoms with E-state index < -0.39 is 5.25 Å². The zero-order valence-corrected chi connectivity index (χ0v) is 15.3. The molecule has 1 saturated heterocycles. The van der Waals surface area contributed by atoms with E-state index in [1.54, 1.807) is 12.1 Å². The van der Waals surface area contributed by atoms with Crippen LogP contribution in [0.2, 0.25) is 0 Å². The summed E-state index contributed by atoms with van der Waals surface area (Å²) in [5.74, 6) is -0.398. The number of nitrogens with one attached hydrogen (secondary N) is 2. The van der Waals surface area contributed by atoms with Gasteiger partial charge in [0, 0.05) is 22.3 Å². The van der Waals surface area contributed by atoms with Gasteiger partial charge in [0.1, 0.15) is 5.25 Å². The fourth-order valence-corrected chi connectivity index (χ4v) is 3.68. The molecule has 6 nitrogen and oxygen atoms in total. The zero-order chi connectivity index (χ0) is 16.9. The zero-order valence-electron chi connectivity index (χ0n) is 12.9. The summed E-state index contributed by atoms with van der Waals surface area (Å²) in [6, 6.07) is 7.29. The van der Waals surface area contributed by atoms with Crippen molar-refractivity contribution in [1.29, 1.82) is 0 Å². The molecule has 2 aliphatic rings. The molecule has 2 N–H and O–H groups in total. The number of thioether (sulfide) groups is 1. The molecular formula is C16H17BrN4O2S. The van der Waals surface area contributed by atoms with E-state index in [1.807, 2.05) is 12.1 Å². The van der Waals surface area contributed by atoms with E-state index in [9.17, 15) is 9.59 Å². The van der Waals surface area contributed by atoms with Crippen LogP contribution in [0, 0.1) is 0 Å². The van der Waals surface area contributed by atoms with Gasteiger partial charge in [-0.05, 0) is 49.9 Å². The number of halogens is 1. The molecular weight excluding hydrogens is 392 g/mol. The topological polar surface area (TPSA) is 82.9 Å². The van der Waals surface area contributed by atoms with Gasteiger partial charge >= 0.3 is 0 Å². The molecule has 0 aromatic heterocycles. The fourth-order valence-electron chi connectivity index (χ4n) is 2.50. The number of nitrogens with zero attached hydrogens (tertiary/aromatic N) is 2. The van der Waals surface area contributed by atoms with Crippen molar-refractivity contribution < 1.29 is 9.59 Å². The number of amides is 2.